The average molecular weight is 387 g/mol. The Morgan fingerprint density at radius 1 is 1.12 bits per heavy atom. The van der Waals surface area contributed by atoms with Crippen LogP contribution in [0, 0.1) is 10.6 Å². The predicted molar refractivity (Wildman–Crippen MR) is 90.9 cm³/mol. The quantitative estimate of drug-likeness (QED) is 0.454. The van der Waals surface area contributed by atoms with Gasteiger partial charge in [-0.3, -0.25) is 4.90 Å². The van der Waals surface area contributed by atoms with Gasteiger partial charge in [-0.05, 0) is 55.8 Å². The summed E-state index contributed by atoms with van der Waals surface area (Å²) in [5.41, 5.74) is 0.449. The second-order valence-electron chi connectivity index (χ2n) is 6.03. The Hall–Kier alpha value is -2.07. The highest BCUT2D eigenvalue weighted by Gasteiger charge is 2.38. The Morgan fingerprint density at radius 2 is 1.77 bits per heavy atom. The van der Waals surface area contributed by atoms with Crippen molar-refractivity contribution in [2.45, 2.75) is 32.1 Å². The van der Waals surface area contributed by atoms with Gasteiger partial charge in [0.25, 0.3) is 5.82 Å². The van der Waals surface area contributed by atoms with Crippen LogP contribution in [-0.2, 0) is 12.8 Å². The molecule has 1 aromatic carbocycles. The summed E-state index contributed by atoms with van der Waals surface area (Å²) in [6.07, 6.45) is -0.379. The molecule has 26 heavy (non-hydrogen) atoms. The number of hydrogen-bond acceptors (Lipinski definition) is 4. The Bertz CT molecular complexity index is 832. The Balaban J connectivity index is 1.91. The second kappa shape index (κ2) is 7.67. The Kier molecular flexibility index (Phi) is 5.52. The van der Waals surface area contributed by atoms with E-state index in [4.69, 9.17) is 12.2 Å². The molecule has 0 N–H and O–H groups in total. The highest BCUT2D eigenvalue weighted by atomic mass is 32.1. The normalized spacial score (nSPS) is 16.5. The molecule has 1 aliphatic heterocycles. The second-order valence-corrected chi connectivity index (χ2v) is 6.40. The first-order valence-corrected chi connectivity index (χ1v) is 8.55. The minimum absolute atomic E-state index is 0.138. The molecule has 0 unspecified atom stereocenters. The van der Waals surface area contributed by atoms with Crippen molar-refractivity contribution in [3.8, 4) is 0 Å². The van der Waals surface area contributed by atoms with Gasteiger partial charge < -0.3 is 0 Å². The number of benzene rings is 1. The van der Waals surface area contributed by atoms with Crippen LogP contribution in [0.15, 0.2) is 29.4 Å². The first-order valence-electron chi connectivity index (χ1n) is 8.14. The van der Waals surface area contributed by atoms with Crippen molar-refractivity contribution in [2.24, 2.45) is 5.10 Å². The molecule has 0 radical (unpaired) electrons. The molecule has 1 saturated heterocycles. The third-order valence-corrected chi connectivity index (χ3v) is 4.43. The maximum atomic E-state index is 13.3. The molecule has 0 atom stereocenters. The van der Waals surface area contributed by atoms with Gasteiger partial charge in [0.2, 0.25) is 4.77 Å². The molecule has 2 aromatic rings. The summed E-state index contributed by atoms with van der Waals surface area (Å²) in [4.78, 5) is 2.01. The third kappa shape index (κ3) is 4.36. The van der Waals surface area contributed by atoms with Crippen LogP contribution in [0.2, 0.25) is 0 Å². The molecule has 1 fully saturated rings. The predicted octanol–water partition coefficient (Wildman–Crippen LogP) is 3.90. The lowest BCUT2D eigenvalue weighted by Gasteiger charge is -2.25. The molecule has 0 aliphatic carbocycles. The van der Waals surface area contributed by atoms with Crippen LogP contribution in [0.25, 0.3) is 0 Å². The summed E-state index contributed by atoms with van der Waals surface area (Å²) in [5, 5.41) is 7.47. The summed E-state index contributed by atoms with van der Waals surface area (Å²) < 4.78 is 54.5. The first kappa shape index (κ1) is 18.7. The van der Waals surface area contributed by atoms with Crippen molar-refractivity contribution < 1.29 is 17.6 Å². The summed E-state index contributed by atoms with van der Waals surface area (Å²) >= 11 is 5.15. The molecular formula is C16H17F4N5S. The van der Waals surface area contributed by atoms with Crippen LogP contribution >= 0.6 is 12.2 Å². The number of aromatic nitrogens is 3. The molecule has 140 valence electrons. The maximum Gasteiger partial charge on any atom is 0.453 e. The molecule has 0 bridgehead atoms. The highest BCUT2D eigenvalue weighted by Crippen LogP contribution is 2.28. The zero-order chi connectivity index (χ0) is 18.7. The summed E-state index contributed by atoms with van der Waals surface area (Å²) in [6.45, 7) is 1.80. The van der Waals surface area contributed by atoms with E-state index in [1.807, 2.05) is 4.90 Å². The minimum atomic E-state index is -4.69. The third-order valence-electron chi connectivity index (χ3n) is 4.05. The van der Waals surface area contributed by atoms with Crippen molar-refractivity contribution in [3.63, 3.8) is 0 Å². The SMILES string of the molecule is Fc1ccc(C=Nn2c(C(F)(F)F)nn(CN3CCCCC3)c2=S)cc1. The minimum Gasteiger partial charge on any atom is -0.284 e. The van der Waals surface area contributed by atoms with Crippen LogP contribution in [0.5, 0.6) is 0 Å². The van der Waals surface area contributed by atoms with E-state index in [0.717, 1.165) is 37.0 Å². The smallest absolute Gasteiger partial charge is 0.284 e. The van der Waals surface area contributed by atoms with Crippen molar-refractivity contribution >= 4 is 18.4 Å². The molecule has 1 aliphatic rings. The van der Waals surface area contributed by atoms with Crippen LogP contribution < -0.4 is 0 Å². The van der Waals surface area contributed by atoms with Crippen LogP contribution in [0.1, 0.15) is 30.7 Å². The average Bonchev–Trinajstić information content (AvgIpc) is 2.92. The molecule has 1 aromatic heterocycles. The number of likely N-dealkylation sites (tertiary alicyclic amines) is 1. The fourth-order valence-electron chi connectivity index (χ4n) is 2.74. The van der Waals surface area contributed by atoms with Crippen molar-refractivity contribution in [1.29, 1.82) is 0 Å². The number of halogens is 4. The fourth-order valence-corrected chi connectivity index (χ4v) is 2.97. The Labute approximate surface area is 152 Å². The van der Waals surface area contributed by atoms with Gasteiger partial charge in [0.05, 0.1) is 12.9 Å². The standard InChI is InChI=1S/C16H17F4N5S/c17-13-6-4-12(5-7-13)10-21-25-14(16(18,19)20)22-24(15(25)26)11-23-8-2-1-3-9-23/h4-7,10H,1-3,8-9,11H2. The number of alkyl halides is 3. The van der Waals surface area contributed by atoms with Crippen molar-refractivity contribution in [3.05, 3.63) is 46.2 Å². The van der Waals surface area contributed by atoms with E-state index in [-0.39, 0.29) is 11.4 Å². The van der Waals surface area contributed by atoms with E-state index in [0.29, 0.717) is 10.2 Å². The number of rotatable bonds is 4. The molecule has 0 amide bonds. The lowest BCUT2D eigenvalue weighted by Crippen LogP contribution is -2.32. The van der Waals surface area contributed by atoms with E-state index in [9.17, 15) is 17.6 Å². The van der Waals surface area contributed by atoms with Crippen LogP contribution in [0.3, 0.4) is 0 Å². The zero-order valence-electron chi connectivity index (χ0n) is 13.8. The lowest BCUT2D eigenvalue weighted by atomic mass is 10.1. The van der Waals surface area contributed by atoms with Crippen LogP contribution in [-0.4, -0.2) is 38.7 Å². The van der Waals surface area contributed by atoms with Gasteiger partial charge in [-0.25, -0.2) is 9.07 Å². The van der Waals surface area contributed by atoms with E-state index in [1.165, 1.54) is 30.5 Å². The van der Waals surface area contributed by atoms with Gasteiger partial charge in [-0.2, -0.15) is 22.9 Å². The van der Waals surface area contributed by atoms with Crippen molar-refractivity contribution in [2.75, 3.05) is 13.1 Å². The van der Waals surface area contributed by atoms with Gasteiger partial charge in [-0.15, -0.1) is 5.10 Å². The molecule has 3 rings (SSSR count). The van der Waals surface area contributed by atoms with E-state index < -0.39 is 17.8 Å². The molecule has 0 saturated carbocycles. The summed E-state index contributed by atoms with van der Waals surface area (Å²) in [7, 11) is 0. The topological polar surface area (TPSA) is 38.4 Å². The number of nitrogens with zero attached hydrogens (tertiary/aromatic N) is 5. The van der Waals surface area contributed by atoms with Crippen LogP contribution in [0.4, 0.5) is 17.6 Å². The fraction of sp³-hybridized carbons (Fsp3) is 0.438. The largest absolute Gasteiger partial charge is 0.453 e. The first-order chi connectivity index (χ1) is 12.3. The van der Waals surface area contributed by atoms with E-state index in [1.54, 1.807) is 0 Å². The van der Waals surface area contributed by atoms with Gasteiger partial charge in [-0.1, -0.05) is 18.6 Å². The number of piperidine rings is 1. The van der Waals surface area contributed by atoms with E-state index >= 15 is 0 Å². The lowest BCUT2D eigenvalue weighted by molar-refractivity contribution is -0.147. The molecule has 0 spiro atoms. The van der Waals surface area contributed by atoms with Gasteiger partial charge in [0.1, 0.15) is 5.82 Å². The monoisotopic (exact) mass is 387 g/mol. The summed E-state index contributed by atoms with van der Waals surface area (Å²) in [6, 6.07) is 5.22. The maximum absolute atomic E-state index is 13.3. The molecule has 5 nitrogen and oxygen atoms in total. The Morgan fingerprint density at radius 3 is 2.38 bits per heavy atom. The highest BCUT2D eigenvalue weighted by molar-refractivity contribution is 7.71. The zero-order valence-corrected chi connectivity index (χ0v) is 14.6. The van der Waals surface area contributed by atoms with Gasteiger partial charge >= 0.3 is 6.18 Å². The van der Waals surface area contributed by atoms with Gasteiger partial charge in [0, 0.05) is 0 Å². The van der Waals surface area contributed by atoms with Crippen molar-refractivity contribution in [1.82, 2.24) is 19.4 Å². The molecular weight excluding hydrogens is 370 g/mol. The number of hydrogen-bond donors (Lipinski definition) is 0. The van der Waals surface area contributed by atoms with E-state index in [2.05, 4.69) is 10.2 Å². The van der Waals surface area contributed by atoms with Gasteiger partial charge in [0.15, 0.2) is 0 Å². The molecule has 2 heterocycles. The summed E-state index contributed by atoms with van der Waals surface area (Å²) in [5.74, 6) is -1.62. The molecule has 10 heteroatoms.